The molecule has 0 spiro atoms. The number of hydrogen-bond acceptors (Lipinski definition) is 5. The Morgan fingerprint density at radius 3 is 2.71 bits per heavy atom. The maximum Gasteiger partial charge on any atom is 0.335 e. The standard InChI is InChI=1S/C22H13ClFNO5S/c23-17-9-15(24)5-4-14(17)11-25-20(26)19(31-22(25)29)10-16-6-7-18(30-16)12-2-1-3-13(8-12)21(27)28/h1-10H,11H2,(H,27,28)/b19-10+. The Morgan fingerprint density at radius 1 is 1.16 bits per heavy atom. The number of furan rings is 1. The highest BCUT2D eigenvalue weighted by Crippen LogP contribution is 2.35. The summed E-state index contributed by atoms with van der Waals surface area (Å²) >= 11 is 6.76. The molecule has 2 heterocycles. The van der Waals surface area contributed by atoms with E-state index in [9.17, 15) is 18.8 Å². The van der Waals surface area contributed by atoms with Crippen molar-refractivity contribution in [3.63, 3.8) is 0 Å². The van der Waals surface area contributed by atoms with Crippen molar-refractivity contribution >= 4 is 46.6 Å². The van der Waals surface area contributed by atoms with Crippen LogP contribution >= 0.6 is 23.4 Å². The number of thioether (sulfide) groups is 1. The third kappa shape index (κ3) is 4.40. The highest BCUT2D eigenvalue weighted by atomic mass is 35.5. The lowest BCUT2D eigenvalue weighted by atomic mass is 10.1. The van der Waals surface area contributed by atoms with Crippen LogP contribution in [0, 0.1) is 5.82 Å². The Kier molecular flexibility index (Phi) is 5.67. The van der Waals surface area contributed by atoms with E-state index in [4.69, 9.17) is 21.1 Å². The first-order valence-electron chi connectivity index (χ1n) is 8.94. The number of rotatable bonds is 5. The molecule has 1 aromatic heterocycles. The molecule has 0 radical (unpaired) electrons. The second-order valence-corrected chi connectivity index (χ2v) is 7.99. The minimum absolute atomic E-state index is 0.0769. The molecule has 0 unspecified atom stereocenters. The van der Waals surface area contributed by atoms with Crippen molar-refractivity contribution in [2.45, 2.75) is 6.54 Å². The van der Waals surface area contributed by atoms with E-state index in [2.05, 4.69) is 0 Å². The Labute approximate surface area is 184 Å². The number of halogens is 2. The van der Waals surface area contributed by atoms with Gasteiger partial charge in [0.2, 0.25) is 0 Å². The monoisotopic (exact) mass is 457 g/mol. The van der Waals surface area contributed by atoms with E-state index in [1.165, 1.54) is 30.3 Å². The van der Waals surface area contributed by atoms with Gasteiger partial charge in [-0.3, -0.25) is 14.5 Å². The normalized spacial score (nSPS) is 15.2. The Bertz CT molecular complexity index is 1250. The van der Waals surface area contributed by atoms with Crippen molar-refractivity contribution in [2.75, 3.05) is 0 Å². The highest BCUT2D eigenvalue weighted by Gasteiger charge is 2.35. The SMILES string of the molecule is O=C(O)c1cccc(-c2ccc(/C=C3/SC(=O)N(Cc4ccc(F)cc4Cl)C3=O)o2)c1. The van der Waals surface area contributed by atoms with Crippen LogP contribution in [0.3, 0.4) is 0 Å². The van der Waals surface area contributed by atoms with E-state index in [0.29, 0.717) is 22.6 Å². The second-order valence-electron chi connectivity index (χ2n) is 6.59. The maximum atomic E-state index is 13.2. The van der Waals surface area contributed by atoms with Crippen LogP contribution in [0.5, 0.6) is 0 Å². The van der Waals surface area contributed by atoms with Gasteiger partial charge in [-0.05, 0) is 53.7 Å². The Balaban J connectivity index is 1.55. The molecule has 6 nitrogen and oxygen atoms in total. The number of carboxylic acids is 1. The van der Waals surface area contributed by atoms with Crippen molar-refractivity contribution < 1.29 is 28.3 Å². The molecule has 4 rings (SSSR count). The van der Waals surface area contributed by atoms with Gasteiger partial charge in [-0.15, -0.1) is 0 Å². The van der Waals surface area contributed by atoms with E-state index >= 15 is 0 Å². The number of aromatic carboxylic acids is 1. The minimum atomic E-state index is -1.05. The fraction of sp³-hybridized carbons (Fsp3) is 0.0455. The Morgan fingerprint density at radius 2 is 1.97 bits per heavy atom. The molecular formula is C22H13ClFNO5S. The van der Waals surface area contributed by atoms with Gasteiger partial charge in [0.15, 0.2) is 0 Å². The predicted octanol–water partition coefficient (Wildman–Crippen LogP) is 5.67. The first-order chi connectivity index (χ1) is 14.8. The van der Waals surface area contributed by atoms with E-state index in [-0.39, 0.29) is 22.0 Å². The molecule has 1 fully saturated rings. The van der Waals surface area contributed by atoms with Gasteiger partial charge in [0.25, 0.3) is 11.1 Å². The summed E-state index contributed by atoms with van der Waals surface area (Å²) in [5.74, 6) is -1.32. The fourth-order valence-corrected chi connectivity index (χ4v) is 4.02. The molecule has 2 aromatic carbocycles. The van der Waals surface area contributed by atoms with E-state index in [1.807, 2.05) is 0 Å². The van der Waals surface area contributed by atoms with Crippen LogP contribution in [0.2, 0.25) is 5.02 Å². The maximum absolute atomic E-state index is 13.2. The number of hydrogen-bond donors (Lipinski definition) is 1. The summed E-state index contributed by atoms with van der Waals surface area (Å²) in [7, 11) is 0. The zero-order chi connectivity index (χ0) is 22.1. The molecule has 3 aromatic rings. The molecule has 1 N–H and O–H groups in total. The molecule has 0 saturated carbocycles. The van der Waals surface area contributed by atoms with Crippen molar-refractivity contribution in [1.82, 2.24) is 4.90 Å². The third-order valence-electron chi connectivity index (χ3n) is 4.51. The lowest BCUT2D eigenvalue weighted by molar-refractivity contribution is -0.123. The van der Waals surface area contributed by atoms with Gasteiger partial charge < -0.3 is 9.52 Å². The average Bonchev–Trinajstić information content (AvgIpc) is 3.30. The summed E-state index contributed by atoms with van der Waals surface area (Å²) in [5, 5.41) is 8.78. The van der Waals surface area contributed by atoms with Crippen LogP contribution in [-0.2, 0) is 11.3 Å². The van der Waals surface area contributed by atoms with Crippen molar-refractivity contribution in [3.8, 4) is 11.3 Å². The number of carbonyl (C=O) groups excluding carboxylic acids is 2. The van der Waals surface area contributed by atoms with Gasteiger partial charge in [-0.1, -0.05) is 29.8 Å². The van der Waals surface area contributed by atoms with Gasteiger partial charge in [0.05, 0.1) is 17.0 Å². The average molecular weight is 458 g/mol. The first-order valence-corrected chi connectivity index (χ1v) is 10.1. The molecule has 9 heteroatoms. The molecular weight excluding hydrogens is 445 g/mol. The van der Waals surface area contributed by atoms with Crippen molar-refractivity contribution in [3.05, 3.63) is 87.2 Å². The van der Waals surface area contributed by atoms with Crippen molar-refractivity contribution in [1.29, 1.82) is 0 Å². The lowest BCUT2D eigenvalue weighted by Crippen LogP contribution is -2.27. The van der Waals surface area contributed by atoms with Crippen LogP contribution in [0.25, 0.3) is 17.4 Å². The first kappa shape index (κ1) is 20.9. The highest BCUT2D eigenvalue weighted by molar-refractivity contribution is 8.18. The molecule has 1 aliphatic rings. The largest absolute Gasteiger partial charge is 0.478 e. The quantitative estimate of drug-likeness (QED) is 0.496. The van der Waals surface area contributed by atoms with Crippen LogP contribution < -0.4 is 0 Å². The van der Waals surface area contributed by atoms with Gasteiger partial charge in [0.1, 0.15) is 17.3 Å². The fourth-order valence-electron chi connectivity index (χ4n) is 2.98. The molecule has 0 bridgehead atoms. The zero-order valence-corrected chi connectivity index (χ0v) is 17.2. The summed E-state index contributed by atoms with van der Waals surface area (Å²) < 4.78 is 18.9. The molecule has 1 saturated heterocycles. The van der Waals surface area contributed by atoms with E-state index in [0.717, 1.165) is 22.7 Å². The van der Waals surface area contributed by atoms with Crippen LogP contribution in [0.15, 0.2) is 63.9 Å². The molecule has 156 valence electrons. The number of benzene rings is 2. The molecule has 1 aliphatic heterocycles. The van der Waals surface area contributed by atoms with Crippen LogP contribution in [0.1, 0.15) is 21.7 Å². The number of imide groups is 1. The number of nitrogens with zero attached hydrogens (tertiary/aromatic N) is 1. The predicted molar refractivity (Wildman–Crippen MR) is 114 cm³/mol. The van der Waals surface area contributed by atoms with Gasteiger partial charge in [-0.25, -0.2) is 9.18 Å². The third-order valence-corrected chi connectivity index (χ3v) is 5.77. The lowest BCUT2D eigenvalue weighted by Gasteiger charge is -2.13. The number of carboxylic acid groups (broad SMARTS) is 1. The zero-order valence-electron chi connectivity index (χ0n) is 15.7. The Hall–Kier alpha value is -3.36. The van der Waals surface area contributed by atoms with Crippen LogP contribution in [-0.4, -0.2) is 27.1 Å². The molecule has 0 atom stereocenters. The topological polar surface area (TPSA) is 87.8 Å². The van der Waals surface area contributed by atoms with E-state index in [1.54, 1.807) is 24.3 Å². The second kappa shape index (κ2) is 8.41. The molecule has 2 amide bonds. The van der Waals surface area contributed by atoms with Gasteiger partial charge in [0, 0.05) is 16.7 Å². The van der Waals surface area contributed by atoms with Gasteiger partial charge in [-0.2, -0.15) is 0 Å². The number of carbonyl (C=O) groups is 3. The minimum Gasteiger partial charge on any atom is -0.478 e. The summed E-state index contributed by atoms with van der Waals surface area (Å²) in [6, 6.07) is 13.3. The molecule has 0 aliphatic carbocycles. The van der Waals surface area contributed by atoms with Gasteiger partial charge >= 0.3 is 5.97 Å². The number of amides is 2. The summed E-state index contributed by atoms with van der Waals surface area (Å²) in [6.07, 6.45) is 1.45. The van der Waals surface area contributed by atoms with Crippen LogP contribution in [0.4, 0.5) is 9.18 Å². The molecule has 31 heavy (non-hydrogen) atoms. The summed E-state index contributed by atoms with van der Waals surface area (Å²) in [4.78, 5) is 37.3. The summed E-state index contributed by atoms with van der Waals surface area (Å²) in [6.45, 7) is -0.0769. The smallest absolute Gasteiger partial charge is 0.335 e. The van der Waals surface area contributed by atoms with Crippen molar-refractivity contribution in [2.24, 2.45) is 0 Å². The summed E-state index contributed by atoms with van der Waals surface area (Å²) in [5.41, 5.74) is 1.14. The van der Waals surface area contributed by atoms with E-state index < -0.39 is 22.9 Å².